The van der Waals surface area contributed by atoms with E-state index in [0.717, 1.165) is 11.6 Å². The standard InChI is InChI=1S/C12H13ClN2/c1-8(9-2-3-9)15-12-6-11(13)5-4-10(12)7-14/h4-6,8-9,15H,2-3H2,1H3. The molecule has 1 unspecified atom stereocenters. The van der Waals surface area contributed by atoms with Crippen molar-refractivity contribution in [2.75, 3.05) is 5.32 Å². The third-order valence-corrected chi connectivity index (χ3v) is 3.05. The summed E-state index contributed by atoms with van der Waals surface area (Å²) in [6.07, 6.45) is 2.58. The van der Waals surface area contributed by atoms with Crippen molar-refractivity contribution in [2.24, 2.45) is 5.92 Å². The van der Waals surface area contributed by atoms with Gasteiger partial charge in [0.15, 0.2) is 0 Å². The molecule has 0 aromatic heterocycles. The van der Waals surface area contributed by atoms with E-state index in [1.54, 1.807) is 12.1 Å². The monoisotopic (exact) mass is 220 g/mol. The van der Waals surface area contributed by atoms with Gasteiger partial charge in [0.2, 0.25) is 0 Å². The van der Waals surface area contributed by atoms with Crippen LogP contribution in [-0.4, -0.2) is 6.04 Å². The van der Waals surface area contributed by atoms with Crippen molar-refractivity contribution < 1.29 is 0 Å². The van der Waals surface area contributed by atoms with Gasteiger partial charge in [-0.1, -0.05) is 11.6 Å². The predicted octanol–water partition coefficient (Wildman–Crippen LogP) is 3.42. The normalized spacial score (nSPS) is 16.9. The molecule has 0 radical (unpaired) electrons. The Kier molecular flexibility index (Phi) is 2.83. The number of benzene rings is 1. The van der Waals surface area contributed by atoms with E-state index in [9.17, 15) is 0 Å². The number of rotatable bonds is 3. The topological polar surface area (TPSA) is 35.8 Å². The van der Waals surface area contributed by atoms with Gasteiger partial charge in [-0.05, 0) is 43.9 Å². The van der Waals surface area contributed by atoms with Crippen molar-refractivity contribution in [3.8, 4) is 6.07 Å². The molecule has 1 aliphatic rings. The third kappa shape index (κ3) is 2.43. The number of nitrogens with zero attached hydrogens (tertiary/aromatic N) is 1. The van der Waals surface area contributed by atoms with Gasteiger partial charge < -0.3 is 5.32 Å². The minimum absolute atomic E-state index is 0.426. The van der Waals surface area contributed by atoms with Crippen LogP contribution >= 0.6 is 11.6 Å². The fourth-order valence-electron chi connectivity index (χ4n) is 1.69. The molecule has 0 saturated heterocycles. The Morgan fingerprint density at radius 2 is 2.27 bits per heavy atom. The lowest BCUT2D eigenvalue weighted by Gasteiger charge is -2.15. The van der Waals surface area contributed by atoms with E-state index >= 15 is 0 Å². The molecule has 0 aliphatic heterocycles. The molecule has 0 amide bonds. The van der Waals surface area contributed by atoms with Crippen LogP contribution in [-0.2, 0) is 0 Å². The molecule has 3 heteroatoms. The Bertz CT molecular complexity index is 405. The zero-order valence-electron chi connectivity index (χ0n) is 8.63. The van der Waals surface area contributed by atoms with E-state index in [4.69, 9.17) is 16.9 Å². The van der Waals surface area contributed by atoms with Crippen molar-refractivity contribution in [3.05, 3.63) is 28.8 Å². The van der Waals surface area contributed by atoms with Crippen LogP contribution in [0.2, 0.25) is 5.02 Å². The Balaban J connectivity index is 2.18. The summed E-state index contributed by atoms with van der Waals surface area (Å²) < 4.78 is 0. The minimum atomic E-state index is 0.426. The minimum Gasteiger partial charge on any atom is -0.381 e. The van der Waals surface area contributed by atoms with E-state index in [2.05, 4.69) is 18.3 Å². The molecule has 0 spiro atoms. The number of nitriles is 1. The van der Waals surface area contributed by atoms with Gasteiger partial charge >= 0.3 is 0 Å². The lowest BCUT2D eigenvalue weighted by atomic mass is 10.1. The first-order chi connectivity index (χ1) is 7.20. The van der Waals surface area contributed by atoms with Crippen molar-refractivity contribution in [1.29, 1.82) is 5.26 Å². The highest BCUT2D eigenvalue weighted by molar-refractivity contribution is 6.30. The summed E-state index contributed by atoms with van der Waals surface area (Å²) in [6.45, 7) is 2.15. The van der Waals surface area contributed by atoms with Crippen molar-refractivity contribution >= 4 is 17.3 Å². The van der Waals surface area contributed by atoms with Crippen LogP contribution in [0.4, 0.5) is 5.69 Å². The SMILES string of the molecule is CC(Nc1cc(Cl)ccc1C#N)C1CC1. The molecule has 1 aliphatic carbocycles. The van der Waals surface area contributed by atoms with Crippen LogP contribution < -0.4 is 5.32 Å². The summed E-state index contributed by atoms with van der Waals surface area (Å²) in [6, 6.07) is 7.91. The van der Waals surface area contributed by atoms with Gasteiger partial charge in [-0.25, -0.2) is 0 Å². The van der Waals surface area contributed by atoms with E-state index in [-0.39, 0.29) is 0 Å². The maximum atomic E-state index is 8.94. The number of halogens is 1. The summed E-state index contributed by atoms with van der Waals surface area (Å²) in [5.74, 6) is 0.760. The lowest BCUT2D eigenvalue weighted by molar-refractivity contribution is 0.694. The summed E-state index contributed by atoms with van der Waals surface area (Å²) in [4.78, 5) is 0. The van der Waals surface area contributed by atoms with E-state index < -0.39 is 0 Å². The van der Waals surface area contributed by atoms with Gasteiger partial charge in [-0.15, -0.1) is 0 Å². The fourth-order valence-corrected chi connectivity index (χ4v) is 1.86. The van der Waals surface area contributed by atoms with Crippen LogP contribution in [0.3, 0.4) is 0 Å². The molecular weight excluding hydrogens is 208 g/mol. The molecule has 1 atom stereocenters. The Morgan fingerprint density at radius 3 is 2.87 bits per heavy atom. The second kappa shape index (κ2) is 4.12. The van der Waals surface area contributed by atoms with Gasteiger partial charge in [-0.2, -0.15) is 5.26 Å². The van der Waals surface area contributed by atoms with Crippen LogP contribution in [0.15, 0.2) is 18.2 Å². The largest absolute Gasteiger partial charge is 0.381 e. The summed E-state index contributed by atoms with van der Waals surface area (Å²) >= 11 is 5.90. The molecular formula is C12H13ClN2. The number of anilines is 1. The first-order valence-corrected chi connectivity index (χ1v) is 5.54. The van der Waals surface area contributed by atoms with Gasteiger partial charge in [0.25, 0.3) is 0 Å². The van der Waals surface area contributed by atoms with Gasteiger partial charge in [0, 0.05) is 11.1 Å². The Hall–Kier alpha value is -1.20. The average Bonchev–Trinajstić information content (AvgIpc) is 3.01. The lowest BCUT2D eigenvalue weighted by Crippen LogP contribution is -2.17. The summed E-state index contributed by atoms with van der Waals surface area (Å²) in [5, 5.41) is 13.0. The first-order valence-electron chi connectivity index (χ1n) is 5.17. The van der Waals surface area contributed by atoms with Crippen LogP contribution in [0.25, 0.3) is 0 Å². The predicted molar refractivity (Wildman–Crippen MR) is 62.0 cm³/mol. The maximum absolute atomic E-state index is 8.94. The quantitative estimate of drug-likeness (QED) is 0.847. The van der Waals surface area contributed by atoms with Crippen molar-refractivity contribution in [1.82, 2.24) is 0 Å². The van der Waals surface area contributed by atoms with E-state index in [0.29, 0.717) is 16.6 Å². The second-order valence-electron chi connectivity index (χ2n) is 4.07. The second-order valence-corrected chi connectivity index (χ2v) is 4.51. The van der Waals surface area contributed by atoms with Crippen LogP contribution in [0.1, 0.15) is 25.3 Å². The highest BCUT2D eigenvalue weighted by Crippen LogP contribution is 2.34. The smallest absolute Gasteiger partial charge is 0.101 e. The zero-order chi connectivity index (χ0) is 10.8. The molecule has 0 bridgehead atoms. The molecule has 1 N–H and O–H groups in total. The van der Waals surface area contributed by atoms with Crippen LogP contribution in [0, 0.1) is 17.2 Å². The maximum Gasteiger partial charge on any atom is 0.101 e. The highest BCUT2D eigenvalue weighted by Gasteiger charge is 2.28. The zero-order valence-corrected chi connectivity index (χ0v) is 9.38. The molecule has 2 rings (SSSR count). The molecule has 15 heavy (non-hydrogen) atoms. The molecule has 1 saturated carbocycles. The molecule has 0 heterocycles. The first kappa shape index (κ1) is 10.3. The molecule has 1 fully saturated rings. The Morgan fingerprint density at radius 1 is 1.53 bits per heavy atom. The number of hydrogen-bond acceptors (Lipinski definition) is 2. The Labute approximate surface area is 94.9 Å². The summed E-state index contributed by atoms with van der Waals surface area (Å²) in [5.41, 5.74) is 1.51. The number of hydrogen-bond donors (Lipinski definition) is 1. The van der Waals surface area contributed by atoms with E-state index in [1.807, 2.05) is 6.07 Å². The molecule has 1 aromatic rings. The van der Waals surface area contributed by atoms with Crippen molar-refractivity contribution in [3.63, 3.8) is 0 Å². The molecule has 2 nitrogen and oxygen atoms in total. The average molecular weight is 221 g/mol. The van der Waals surface area contributed by atoms with E-state index in [1.165, 1.54) is 12.8 Å². The van der Waals surface area contributed by atoms with Crippen LogP contribution in [0.5, 0.6) is 0 Å². The number of nitrogens with one attached hydrogen (secondary N) is 1. The van der Waals surface area contributed by atoms with Gasteiger partial charge in [-0.3, -0.25) is 0 Å². The highest BCUT2D eigenvalue weighted by atomic mass is 35.5. The van der Waals surface area contributed by atoms with Gasteiger partial charge in [0.05, 0.1) is 11.3 Å². The summed E-state index contributed by atoms with van der Waals surface area (Å²) in [7, 11) is 0. The van der Waals surface area contributed by atoms with Gasteiger partial charge in [0.1, 0.15) is 6.07 Å². The van der Waals surface area contributed by atoms with Crippen molar-refractivity contribution in [2.45, 2.75) is 25.8 Å². The fraction of sp³-hybridized carbons (Fsp3) is 0.417. The molecule has 78 valence electrons. The third-order valence-electron chi connectivity index (χ3n) is 2.81. The molecule has 1 aromatic carbocycles.